The van der Waals surface area contributed by atoms with Crippen molar-refractivity contribution >= 4 is 5.96 Å². The number of hydrogen-bond acceptors (Lipinski definition) is 4. The predicted octanol–water partition coefficient (Wildman–Crippen LogP) is 2.22. The van der Waals surface area contributed by atoms with E-state index in [4.69, 9.17) is 4.74 Å². The first kappa shape index (κ1) is 18.2. The van der Waals surface area contributed by atoms with Crippen molar-refractivity contribution < 1.29 is 4.74 Å². The lowest BCUT2D eigenvalue weighted by Crippen LogP contribution is -2.38. The molecule has 26 heavy (non-hydrogen) atoms. The van der Waals surface area contributed by atoms with Crippen LogP contribution in [0.5, 0.6) is 5.75 Å². The molecular weight excluding hydrogens is 328 g/mol. The van der Waals surface area contributed by atoms with E-state index in [1.54, 1.807) is 14.2 Å². The first-order chi connectivity index (χ1) is 12.7. The van der Waals surface area contributed by atoms with E-state index in [0.717, 1.165) is 42.9 Å². The summed E-state index contributed by atoms with van der Waals surface area (Å²) < 4.78 is 7.47. The second-order valence-electron chi connectivity index (χ2n) is 6.60. The molecule has 1 aliphatic rings. The maximum absolute atomic E-state index is 5.21. The van der Waals surface area contributed by atoms with E-state index in [2.05, 4.69) is 42.1 Å². The average molecular weight is 356 g/mol. The van der Waals surface area contributed by atoms with Crippen LogP contribution in [-0.4, -0.2) is 46.8 Å². The standard InChI is InChI=1S/C19H28N6O/c1-20-19(24(2)14-15-8-10-16(26-3)11-9-15)21-13-18-23-22-17-7-5-4-6-12-25(17)18/h8-11H,4-7,12-14H2,1-3H3,(H,20,21). The number of aryl methyl sites for hydroxylation is 1. The molecule has 1 aromatic carbocycles. The van der Waals surface area contributed by atoms with Crippen molar-refractivity contribution in [1.82, 2.24) is 25.0 Å². The Morgan fingerprint density at radius 2 is 2.04 bits per heavy atom. The monoisotopic (exact) mass is 356 g/mol. The summed E-state index contributed by atoms with van der Waals surface area (Å²) in [6, 6.07) is 8.09. The Labute approximate surface area is 155 Å². The molecule has 2 aromatic rings. The van der Waals surface area contributed by atoms with E-state index in [1.165, 1.54) is 24.8 Å². The summed E-state index contributed by atoms with van der Waals surface area (Å²) in [5.41, 5.74) is 1.20. The zero-order valence-electron chi connectivity index (χ0n) is 15.9. The van der Waals surface area contributed by atoms with Crippen molar-refractivity contribution in [3.63, 3.8) is 0 Å². The highest BCUT2D eigenvalue weighted by atomic mass is 16.5. The lowest BCUT2D eigenvalue weighted by molar-refractivity contribution is 0.414. The van der Waals surface area contributed by atoms with Crippen LogP contribution in [-0.2, 0) is 26.1 Å². The highest BCUT2D eigenvalue weighted by molar-refractivity contribution is 5.79. The summed E-state index contributed by atoms with van der Waals surface area (Å²) in [7, 11) is 5.51. The quantitative estimate of drug-likeness (QED) is 0.657. The van der Waals surface area contributed by atoms with Crippen LogP contribution in [0.3, 0.4) is 0 Å². The lowest BCUT2D eigenvalue weighted by atomic mass is 10.2. The minimum atomic E-state index is 0.632. The Kier molecular flexibility index (Phi) is 6.09. The largest absolute Gasteiger partial charge is 0.497 e. The van der Waals surface area contributed by atoms with Crippen LogP contribution in [0.4, 0.5) is 0 Å². The Bertz CT molecular complexity index is 737. The van der Waals surface area contributed by atoms with Gasteiger partial charge in [0.15, 0.2) is 11.8 Å². The molecule has 7 nitrogen and oxygen atoms in total. The van der Waals surface area contributed by atoms with E-state index in [-0.39, 0.29) is 0 Å². The molecule has 0 fully saturated rings. The Morgan fingerprint density at radius 1 is 1.23 bits per heavy atom. The summed E-state index contributed by atoms with van der Waals surface area (Å²) in [4.78, 5) is 6.50. The number of methoxy groups -OCH3 is 1. The highest BCUT2D eigenvalue weighted by Crippen LogP contribution is 2.15. The van der Waals surface area contributed by atoms with Gasteiger partial charge in [-0.1, -0.05) is 18.6 Å². The van der Waals surface area contributed by atoms with Gasteiger partial charge in [-0.05, 0) is 30.5 Å². The third-order valence-electron chi connectivity index (χ3n) is 4.74. The fourth-order valence-corrected chi connectivity index (χ4v) is 3.30. The molecule has 1 N–H and O–H groups in total. The van der Waals surface area contributed by atoms with E-state index >= 15 is 0 Å². The summed E-state index contributed by atoms with van der Waals surface area (Å²) in [5, 5.41) is 12.1. The molecule has 0 saturated carbocycles. The van der Waals surface area contributed by atoms with Gasteiger partial charge in [0.25, 0.3) is 0 Å². The van der Waals surface area contributed by atoms with E-state index < -0.39 is 0 Å². The SMILES string of the molecule is CN=C(NCc1nnc2n1CCCCC2)N(C)Cc1ccc(OC)cc1. The maximum Gasteiger partial charge on any atom is 0.194 e. The van der Waals surface area contributed by atoms with Crippen molar-refractivity contribution in [3.8, 4) is 5.75 Å². The van der Waals surface area contributed by atoms with Gasteiger partial charge in [-0.2, -0.15) is 0 Å². The number of benzene rings is 1. The van der Waals surface area contributed by atoms with Crippen molar-refractivity contribution in [3.05, 3.63) is 41.5 Å². The number of aliphatic imine (C=N–C) groups is 1. The molecule has 0 bridgehead atoms. The lowest BCUT2D eigenvalue weighted by Gasteiger charge is -2.22. The van der Waals surface area contributed by atoms with Crippen LogP contribution in [0.25, 0.3) is 0 Å². The van der Waals surface area contributed by atoms with Crippen LogP contribution in [0, 0.1) is 0 Å². The zero-order chi connectivity index (χ0) is 18.4. The summed E-state index contributed by atoms with van der Waals surface area (Å²) >= 11 is 0. The van der Waals surface area contributed by atoms with Crippen LogP contribution < -0.4 is 10.1 Å². The van der Waals surface area contributed by atoms with Crippen molar-refractivity contribution in [2.75, 3.05) is 21.2 Å². The van der Waals surface area contributed by atoms with Gasteiger partial charge in [-0.15, -0.1) is 10.2 Å². The Balaban J connectivity index is 1.59. The predicted molar refractivity (Wildman–Crippen MR) is 102 cm³/mol. The number of nitrogens with zero attached hydrogens (tertiary/aromatic N) is 5. The molecule has 0 unspecified atom stereocenters. The molecule has 3 rings (SSSR count). The van der Waals surface area contributed by atoms with Gasteiger partial charge in [-0.25, -0.2) is 0 Å². The second kappa shape index (κ2) is 8.69. The Hall–Kier alpha value is -2.57. The number of nitrogens with one attached hydrogen (secondary N) is 1. The van der Waals surface area contributed by atoms with Gasteiger partial charge in [0.1, 0.15) is 11.6 Å². The molecule has 7 heteroatoms. The molecule has 1 aromatic heterocycles. The molecular formula is C19H28N6O. The minimum absolute atomic E-state index is 0.632. The third kappa shape index (κ3) is 4.33. The molecule has 0 amide bonds. The molecule has 0 saturated heterocycles. The van der Waals surface area contributed by atoms with Gasteiger partial charge >= 0.3 is 0 Å². The van der Waals surface area contributed by atoms with Crippen LogP contribution in [0.2, 0.25) is 0 Å². The van der Waals surface area contributed by atoms with Crippen LogP contribution in [0.15, 0.2) is 29.3 Å². The normalized spacial score (nSPS) is 14.5. The second-order valence-corrected chi connectivity index (χ2v) is 6.60. The molecule has 0 radical (unpaired) electrons. The van der Waals surface area contributed by atoms with Gasteiger partial charge in [-0.3, -0.25) is 4.99 Å². The van der Waals surface area contributed by atoms with Gasteiger partial charge < -0.3 is 19.5 Å². The fourth-order valence-electron chi connectivity index (χ4n) is 3.30. The smallest absolute Gasteiger partial charge is 0.194 e. The average Bonchev–Trinajstić information content (AvgIpc) is 2.89. The molecule has 1 aliphatic heterocycles. The Morgan fingerprint density at radius 3 is 2.77 bits per heavy atom. The number of guanidine groups is 1. The first-order valence-electron chi connectivity index (χ1n) is 9.17. The molecule has 140 valence electrons. The summed E-state index contributed by atoms with van der Waals surface area (Å²) in [6.07, 6.45) is 4.70. The van der Waals surface area contributed by atoms with Gasteiger partial charge in [0.05, 0.1) is 13.7 Å². The van der Waals surface area contributed by atoms with E-state index in [9.17, 15) is 0 Å². The summed E-state index contributed by atoms with van der Waals surface area (Å²) in [6.45, 7) is 2.41. The third-order valence-corrected chi connectivity index (χ3v) is 4.74. The highest BCUT2D eigenvalue weighted by Gasteiger charge is 2.15. The van der Waals surface area contributed by atoms with Crippen molar-refractivity contribution in [2.24, 2.45) is 4.99 Å². The zero-order valence-corrected chi connectivity index (χ0v) is 15.9. The van der Waals surface area contributed by atoms with Crippen LogP contribution in [0.1, 0.15) is 36.5 Å². The van der Waals surface area contributed by atoms with Crippen molar-refractivity contribution in [2.45, 2.75) is 45.3 Å². The van der Waals surface area contributed by atoms with E-state index in [1.807, 2.05) is 19.2 Å². The number of aromatic nitrogens is 3. The number of ether oxygens (including phenoxy) is 1. The summed E-state index contributed by atoms with van der Waals surface area (Å²) in [5.74, 6) is 3.81. The molecule has 2 heterocycles. The minimum Gasteiger partial charge on any atom is -0.497 e. The molecule has 0 spiro atoms. The number of rotatable bonds is 5. The van der Waals surface area contributed by atoms with Crippen molar-refractivity contribution in [1.29, 1.82) is 0 Å². The molecule has 0 atom stereocenters. The topological polar surface area (TPSA) is 67.6 Å². The van der Waals surface area contributed by atoms with Crippen LogP contribution >= 0.6 is 0 Å². The van der Waals surface area contributed by atoms with E-state index in [0.29, 0.717) is 6.54 Å². The van der Waals surface area contributed by atoms with Gasteiger partial charge in [0, 0.05) is 33.6 Å². The van der Waals surface area contributed by atoms with Gasteiger partial charge in [0.2, 0.25) is 0 Å². The maximum atomic E-state index is 5.21. The number of hydrogen-bond donors (Lipinski definition) is 1. The fraction of sp³-hybridized carbons (Fsp3) is 0.526. The first-order valence-corrected chi connectivity index (χ1v) is 9.17. The number of fused-ring (bicyclic) bond motifs is 1. The molecule has 0 aliphatic carbocycles.